The fraction of sp³-hybridized carbons (Fsp3) is 0.222. The van der Waals surface area contributed by atoms with Crippen LogP contribution in [0.2, 0.25) is 0 Å². The van der Waals surface area contributed by atoms with Gasteiger partial charge < -0.3 is 9.13 Å². The van der Waals surface area contributed by atoms with Crippen molar-refractivity contribution in [2.45, 2.75) is 39.8 Å². The Labute approximate surface area is 237 Å². The number of hydrogen-bond donors (Lipinski definition) is 0. The summed E-state index contributed by atoms with van der Waals surface area (Å²) in [6.45, 7) is 6.53. The fourth-order valence-corrected chi connectivity index (χ4v) is 5.94. The summed E-state index contributed by atoms with van der Waals surface area (Å²) < 4.78 is 9.16. The zero-order valence-corrected chi connectivity index (χ0v) is 24.0. The highest BCUT2D eigenvalue weighted by molar-refractivity contribution is 5.98. The number of pyridine rings is 2. The molecule has 0 aliphatic rings. The molecule has 0 amide bonds. The zero-order valence-electron chi connectivity index (χ0n) is 24.0. The van der Waals surface area contributed by atoms with E-state index in [1.807, 2.05) is 7.05 Å². The molecule has 6 aromatic rings. The summed E-state index contributed by atoms with van der Waals surface area (Å²) in [6.07, 6.45) is 15.5. The molecule has 0 bridgehead atoms. The van der Waals surface area contributed by atoms with Crippen molar-refractivity contribution in [1.29, 1.82) is 0 Å². The highest BCUT2D eigenvalue weighted by Crippen LogP contribution is 2.31. The van der Waals surface area contributed by atoms with Crippen molar-refractivity contribution < 1.29 is 9.13 Å². The first-order valence-electron chi connectivity index (χ1n) is 14.3. The maximum absolute atomic E-state index is 2.51. The Morgan fingerprint density at radius 1 is 0.650 bits per heavy atom. The van der Waals surface area contributed by atoms with E-state index in [9.17, 15) is 0 Å². The quantitative estimate of drug-likeness (QED) is 0.148. The van der Waals surface area contributed by atoms with Crippen molar-refractivity contribution in [3.63, 3.8) is 0 Å². The minimum Gasteiger partial charge on any atom is -0.347 e. The summed E-state index contributed by atoms with van der Waals surface area (Å²) in [5.41, 5.74) is 10.4. The average molecular weight is 527 g/mol. The fourth-order valence-electron chi connectivity index (χ4n) is 5.94. The van der Waals surface area contributed by atoms with Crippen LogP contribution in [0.3, 0.4) is 0 Å². The third kappa shape index (κ3) is 4.86. The molecule has 4 heterocycles. The third-order valence-corrected chi connectivity index (χ3v) is 8.40. The summed E-state index contributed by atoms with van der Waals surface area (Å²) in [4.78, 5) is 0. The molecule has 200 valence electrons. The van der Waals surface area contributed by atoms with Gasteiger partial charge in [-0.15, -0.1) is 0 Å². The van der Waals surface area contributed by atoms with Gasteiger partial charge >= 0.3 is 0 Å². The second-order valence-corrected chi connectivity index (χ2v) is 10.9. The molecule has 0 N–H and O–H groups in total. The van der Waals surface area contributed by atoms with Gasteiger partial charge in [0.15, 0.2) is 24.8 Å². The molecule has 0 unspecified atom stereocenters. The molecule has 40 heavy (non-hydrogen) atoms. The molecule has 0 saturated carbocycles. The van der Waals surface area contributed by atoms with E-state index in [4.69, 9.17) is 0 Å². The van der Waals surface area contributed by atoms with Crippen molar-refractivity contribution in [1.82, 2.24) is 9.13 Å². The standard InChI is InChI=1S/C36H38N4/c1-27-31(33-11-5-7-13-35(33)38(27)4)15-16-32-28(2)40(36-14-8-6-12-34(32)36)22-10-9-21-39-25-19-30(20-26-39)29-17-23-37(3)24-18-29/h5-8,11-20,23-26H,9-10,21-22H2,1-4H3/q+2. The third-order valence-electron chi connectivity index (χ3n) is 8.40. The van der Waals surface area contributed by atoms with Gasteiger partial charge in [-0.1, -0.05) is 48.6 Å². The zero-order chi connectivity index (χ0) is 27.6. The van der Waals surface area contributed by atoms with Gasteiger partial charge in [-0.2, -0.15) is 0 Å². The number of hydrogen-bond acceptors (Lipinski definition) is 0. The largest absolute Gasteiger partial charge is 0.347 e. The number of unbranched alkanes of at least 4 members (excludes halogenated alkanes) is 1. The summed E-state index contributed by atoms with van der Waals surface area (Å²) in [5.74, 6) is 0. The van der Waals surface area contributed by atoms with Crippen molar-refractivity contribution in [3.8, 4) is 11.1 Å². The molecule has 0 spiro atoms. The van der Waals surface area contributed by atoms with Gasteiger partial charge in [-0.3, -0.25) is 0 Å². The van der Waals surface area contributed by atoms with Crippen molar-refractivity contribution in [2.75, 3.05) is 0 Å². The highest BCUT2D eigenvalue weighted by atomic mass is 15.0. The maximum atomic E-state index is 2.51. The normalized spacial score (nSPS) is 11.8. The lowest BCUT2D eigenvalue weighted by Crippen LogP contribution is -2.32. The summed E-state index contributed by atoms with van der Waals surface area (Å²) >= 11 is 0. The molecule has 0 aliphatic carbocycles. The van der Waals surface area contributed by atoms with Crippen LogP contribution < -0.4 is 9.13 Å². The molecule has 4 heteroatoms. The minimum atomic E-state index is 1.02. The van der Waals surface area contributed by atoms with E-state index in [1.165, 1.54) is 55.4 Å². The Hall–Kier alpha value is -4.44. The van der Waals surface area contributed by atoms with Gasteiger partial charge in [0.1, 0.15) is 13.6 Å². The van der Waals surface area contributed by atoms with Crippen LogP contribution in [0.4, 0.5) is 0 Å². The Kier molecular flexibility index (Phi) is 7.08. The number of fused-ring (bicyclic) bond motifs is 2. The van der Waals surface area contributed by atoms with Crippen LogP contribution in [0.15, 0.2) is 97.6 Å². The topological polar surface area (TPSA) is 17.6 Å². The molecule has 0 fully saturated rings. The molecule has 2 aromatic carbocycles. The lowest BCUT2D eigenvalue weighted by atomic mass is 10.1. The van der Waals surface area contributed by atoms with Crippen LogP contribution in [-0.2, 0) is 27.2 Å². The van der Waals surface area contributed by atoms with Gasteiger partial charge in [-0.05, 0) is 43.5 Å². The monoisotopic (exact) mass is 526 g/mol. The molecule has 4 nitrogen and oxygen atoms in total. The molecule has 6 rings (SSSR count). The van der Waals surface area contributed by atoms with E-state index in [-0.39, 0.29) is 0 Å². The molecule has 0 aliphatic heterocycles. The first-order valence-corrected chi connectivity index (χ1v) is 14.3. The van der Waals surface area contributed by atoms with Crippen LogP contribution >= 0.6 is 0 Å². The van der Waals surface area contributed by atoms with Gasteiger partial charge in [0.05, 0.1) is 0 Å². The number of nitrogens with zero attached hydrogens (tertiary/aromatic N) is 4. The van der Waals surface area contributed by atoms with Gasteiger partial charge in [0, 0.05) is 88.6 Å². The Morgan fingerprint density at radius 2 is 1.20 bits per heavy atom. The second kappa shape index (κ2) is 11.0. The predicted octanol–water partition coefficient (Wildman–Crippen LogP) is 7.18. The molecule has 0 radical (unpaired) electrons. The second-order valence-electron chi connectivity index (χ2n) is 10.9. The van der Waals surface area contributed by atoms with Crippen LogP contribution in [0.25, 0.3) is 45.1 Å². The molecule has 4 aromatic heterocycles. The van der Waals surface area contributed by atoms with E-state index < -0.39 is 0 Å². The van der Waals surface area contributed by atoms with Crippen LogP contribution in [-0.4, -0.2) is 9.13 Å². The molecular weight excluding hydrogens is 488 g/mol. The van der Waals surface area contributed by atoms with Crippen molar-refractivity contribution in [2.24, 2.45) is 14.1 Å². The summed E-state index contributed by atoms with van der Waals surface area (Å²) in [6, 6.07) is 26.3. The SMILES string of the molecule is Cc1c(C=Cc2c(C)n(CCCC[n+]3ccc(-c4cc[n+](C)cc4)cc3)c3ccccc23)c2ccccc2n1C. The molecular formula is C36H38N4+2. The van der Waals surface area contributed by atoms with Crippen LogP contribution in [0.5, 0.6) is 0 Å². The Morgan fingerprint density at radius 3 is 1.88 bits per heavy atom. The van der Waals surface area contributed by atoms with E-state index in [0.717, 1.165) is 25.9 Å². The summed E-state index contributed by atoms with van der Waals surface area (Å²) in [5, 5.41) is 2.64. The number of rotatable bonds is 8. The smallest absolute Gasteiger partial charge is 0.169 e. The van der Waals surface area contributed by atoms with E-state index in [2.05, 4.69) is 149 Å². The average Bonchev–Trinajstić information content (AvgIpc) is 3.39. The first-order chi connectivity index (χ1) is 19.5. The molecule has 0 saturated heterocycles. The highest BCUT2D eigenvalue weighted by Gasteiger charge is 2.14. The number of aryl methyl sites for hydroxylation is 4. The lowest BCUT2D eigenvalue weighted by molar-refractivity contribution is -0.697. The predicted molar refractivity (Wildman–Crippen MR) is 166 cm³/mol. The van der Waals surface area contributed by atoms with Crippen LogP contribution in [0, 0.1) is 13.8 Å². The van der Waals surface area contributed by atoms with Crippen molar-refractivity contribution in [3.05, 3.63) is 120 Å². The van der Waals surface area contributed by atoms with E-state index in [1.54, 1.807) is 0 Å². The number of aromatic nitrogens is 4. The Bertz CT molecular complexity index is 1820. The van der Waals surface area contributed by atoms with Gasteiger partial charge in [0.2, 0.25) is 0 Å². The van der Waals surface area contributed by atoms with E-state index >= 15 is 0 Å². The summed E-state index contributed by atoms with van der Waals surface area (Å²) in [7, 11) is 4.20. The van der Waals surface area contributed by atoms with E-state index in [0.29, 0.717) is 0 Å². The first kappa shape index (κ1) is 25.8. The number of para-hydroxylation sites is 2. The minimum absolute atomic E-state index is 1.02. The maximum Gasteiger partial charge on any atom is 0.169 e. The van der Waals surface area contributed by atoms with Gasteiger partial charge in [-0.25, -0.2) is 9.13 Å². The number of benzene rings is 2. The Balaban J connectivity index is 1.17. The van der Waals surface area contributed by atoms with Crippen molar-refractivity contribution >= 4 is 34.0 Å². The molecule has 0 atom stereocenters. The van der Waals surface area contributed by atoms with Crippen LogP contribution in [0.1, 0.15) is 35.4 Å². The van der Waals surface area contributed by atoms with Gasteiger partial charge in [0.25, 0.3) is 0 Å². The lowest BCUT2D eigenvalue weighted by Gasteiger charge is -2.08.